The average molecular weight is 305 g/mol. The van der Waals surface area contributed by atoms with Gasteiger partial charge < -0.3 is 9.30 Å². The maximum atomic E-state index is 6.04. The lowest BCUT2D eigenvalue weighted by molar-refractivity contribution is -0.0448. The van der Waals surface area contributed by atoms with E-state index >= 15 is 0 Å². The summed E-state index contributed by atoms with van der Waals surface area (Å²) < 4.78 is 8.32. The summed E-state index contributed by atoms with van der Waals surface area (Å²) in [5.74, 6) is 2.09. The van der Waals surface area contributed by atoms with Crippen LogP contribution in [0.4, 0.5) is 0 Å². The number of nitrogens with zero attached hydrogens (tertiary/aromatic N) is 3. The van der Waals surface area contributed by atoms with Gasteiger partial charge in [-0.15, -0.1) is 0 Å². The van der Waals surface area contributed by atoms with Gasteiger partial charge in [0.1, 0.15) is 5.82 Å². The standard InChI is InChI=1S/C18H31N3O/c1-15(2)21-9-8-19-18(21)14-20-10-11-22-17(13-20)12-16-6-4-3-5-7-16/h8-9,15-17H,3-7,10-14H2,1-2H3. The molecule has 2 aliphatic rings. The van der Waals surface area contributed by atoms with Crippen LogP contribution in [0.3, 0.4) is 0 Å². The van der Waals surface area contributed by atoms with E-state index in [-0.39, 0.29) is 0 Å². The number of morpholine rings is 1. The summed E-state index contributed by atoms with van der Waals surface area (Å²) in [6.07, 6.45) is 12.8. The van der Waals surface area contributed by atoms with Crippen LogP contribution in [0, 0.1) is 5.92 Å². The van der Waals surface area contributed by atoms with Gasteiger partial charge in [0.15, 0.2) is 0 Å². The third kappa shape index (κ3) is 4.11. The molecule has 2 fully saturated rings. The van der Waals surface area contributed by atoms with Crippen LogP contribution in [-0.2, 0) is 11.3 Å². The van der Waals surface area contributed by atoms with Crippen molar-refractivity contribution in [1.82, 2.24) is 14.5 Å². The van der Waals surface area contributed by atoms with Gasteiger partial charge in [-0.3, -0.25) is 4.90 Å². The van der Waals surface area contributed by atoms with E-state index in [1.54, 1.807) is 0 Å². The fraction of sp³-hybridized carbons (Fsp3) is 0.833. The Labute approximate surface area is 134 Å². The van der Waals surface area contributed by atoms with Crippen LogP contribution < -0.4 is 0 Å². The summed E-state index contributed by atoms with van der Waals surface area (Å²) in [7, 11) is 0. The highest BCUT2D eigenvalue weighted by Crippen LogP contribution is 2.29. The molecule has 0 radical (unpaired) electrons. The first-order chi connectivity index (χ1) is 10.7. The Hall–Kier alpha value is -0.870. The Kier molecular flexibility index (Phi) is 5.53. The predicted molar refractivity (Wildman–Crippen MR) is 88.8 cm³/mol. The smallest absolute Gasteiger partial charge is 0.123 e. The van der Waals surface area contributed by atoms with E-state index in [4.69, 9.17) is 4.74 Å². The zero-order valence-corrected chi connectivity index (χ0v) is 14.2. The van der Waals surface area contributed by atoms with Crippen LogP contribution in [0.5, 0.6) is 0 Å². The zero-order valence-electron chi connectivity index (χ0n) is 14.2. The second-order valence-electron chi connectivity index (χ2n) is 7.31. The lowest BCUT2D eigenvalue weighted by Crippen LogP contribution is -2.43. The summed E-state index contributed by atoms with van der Waals surface area (Å²) in [5.41, 5.74) is 0. The van der Waals surface area contributed by atoms with Crippen molar-refractivity contribution < 1.29 is 4.74 Å². The average Bonchev–Trinajstić information content (AvgIpc) is 2.97. The minimum absolute atomic E-state index is 0.430. The number of imidazole rings is 1. The number of hydrogen-bond donors (Lipinski definition) is 0. The summed E-state index contributed by atoms with van der Waals surface area (Å²) >= 11 is 0. The van der Waals surface area contributed by atoms with Gasteiger partial charge >= 0.3 is 0 Å². The van der Waals surface area contributed by atoms with Gasteiger partial charge in [-0.1, -0.05) is 32.1 Å². The molecule has 0 aromatic carbocycles. The van der Waals surface area contributed by atoms with E-state index in [9.17, 15) is 0 Å². The number of ether oxygens (including phenoxy) is 1. The highest BCUT2D eigenvalue weighted by Gasteiger charge is 2.25. The Morgan fingerprint density at radius 1 is 1.27 bits per heavy atom. The van der Waals surface area contributed by atoms with E-state index < -0.39 is 0 Å². The number of aromatic nitrogens is 2. The molecule has 3 rings (SSSR count). The summed E-state index contributed by atoms with van der Waals surface area (Å²) in [6, 6.07) is 0.483. The van der Waals surface area contributed by atoms with E-state index in [0.717, 1.165) is 32.2 Å². The van der Waals surface area contributed by atoms with Gasteiger partial charge in [0, 0.05) is 31.5 Å². The molecule has 1 aromatic rings. The molecule has 22 heavy (non-hydrogen) atoms. The van der Waals surface area contributed by atoms with Crippen molar-refractivity contribution in [2.45, 2.75) is 71.1 Å². The summed E-state index contributed by atoms with van der Waals surface area (Å²) in [4.78, 5) is 7.08. The molecule has 4 heteroatoms. The van der Waals surface area contributed by atoms with Crippen LogP contribution in [0.1, 0.15) is 64.2 Å². The predicted octanol–water partition coefficient (Wildman–Crippen LogP) is 3.64. The van der Waals surface area contributed by atoms with Crippen LogP contribution >= 0.6 is 0 Å². The topological polar surface area (TPSA) is 30.3 Å². The second kappa shape index (κ2) is 7.60. The van der Waals surface area contributed by atoms with Crippen molar-refractivity contribution in [1.29, 1.82) is 0 Å². The van der Waals surface area contributed by atoms with Crippen molar-refractivity contribution in [2.24, 2.45) is 5.92 Å². The van der Waals surface area contributed by atoms with E-state index in [2.05, 4.69) is 34.5 Å². The summed E-state index contributed by atoms with van der Waals surface area (Å²) in [6.45, 7) is 8.37. The first kappa shape index (κ1) is 16.0. The van der Waals surface area contributed by atoms with Crippen molar-refractivity contribution in [3.05, 3.63) is 18.2 Å². The monoisotopic (exact) mass is 305 g/mol. The SMILES string of the molecule is CC(C)n1ccnc1CN1CCOC(CC2CCCCC2)C1. The van der Waals surface area contributed by atoms with E-state index in [0.29, 0.717) is 12.1 Å². The molecule has 1 unspecified atom stereocenters. The first-order valence-corrected chi connectivity index (χ1v) is 9.08. The molecule has 0 N–H and O–H groups in total. The highest BCUT2D eigenvalue weighted by atomic mass is 16.5. The maximum Gasteiger partial charge on any atom is 0.123 e. The maximum absolute atomic E-state index is 6.04. The molecule has 1 aliphatic heterocycles. The van der Waals surface area contributed by atoms with Crippen molar-refractivity contribution in [3.63, 3.8) is 0 Å². The minimum atomic E-state index is 0.430. The number of rotatable bonds is 5. The lowest BCUT2D eigenvalue weighted by atomic mass is 9.85. The Balaban J connectivity index is 1.52. The third-order valence-electron chi connectivity index (χ3n) is 5.21. The summed E-state index contributed by atoms with van der Waals surface area (Å²) in [5, 5.41) is 0. The van der Waals surface area contributed by atoms with Crippen LogP contribution in [-0.4, -0.2) is 40.3 Å². The van der Waals surface area contributed by atoms with Gasteiger partial charge in [0.05, 0.1) is 19.3 Å². The van der Waals surface area contributed by atoms with E-state index in [1.165, 1.54) is 44.3 Å². The molecule has 1 aliphatic carbocycles. The van der Waals surface area contributed by atoms with Crippen molar-refractivity contribution in [2.75, 3.05) is 19.7 Å². The number of hydrogen-bond acceptors (Lipinski definition) is 3. The van der Waals surface area contributed by atoms with Gasteiger partial charge in [-0.05, 0) is 26.2 Å². The molecule has 0 bridgehead atoms. The fourth-order valence-corrected chi connectivity index (χ4v) is 4.00. The highest BCUT2D eigenvalue weighted by molar-refractivity contribution is 4.95. The molecular formula is C18H31N3O. The van der Waals surface area contributed by atoms with Crippen molar-refractivity contribution in [3.8, 4) is 0 Å². The second-order valence-corrected chi connectivity index (χ2v) is 7.31. The first-order valence-electron chi connectivity index (χ1n) is 9.08. The third-order valence-corrected chi connectivity index (χ3v) is 5.21. The minimum Gasteiger partial charge on any atom is -0.376 e. The molecule has 2 heterocycles. The zero-order chi connectivity index (χ0) is 15.4. The quantitative estimate of drug-likeness (QED) is 0.832. The van der Waals surface area contributed by atoms with Crippen LogP contribution in [0.25, 0.3) is 0 Å². The molecule has 1 saturated carbocycles. The van der Waals surface area contributed by atoms with Gasteiger partial charge in [-0.25, -0.2) is 4.98 Å². The Bertz CT molecular complexity index is 451. The molecule has 1 atom stereocenters. The molecule has 1 saturated heterocycles. The molecular weight excluding hydrogens is 274 g/mol. The van der Waals surface area contributed by atoms with Gasteiger partial charge in [0.25, 0.3) is 0 Å². The Morgan fingerprint density at radius 3 is 2.86 bits per heavy atom. The molecule has 4 nitrogen and oxygen atoms in total. The van der Waals surface area contributed by atoms with Gasteiger partial charge in [-0.2, -0.15) is 0 Å². The molecule has 0 amide bonds. The van der Waals surface area contributed by atoms with Crippen molar-refractivity contribution >= 4 is 0 Å². The Morgan fingerprint density at radius 2 is 2.09 bits per heavy atom. The fourth-order valence-electron chi connectivity index (χ4n) is 4.00. The van der Waals surface area contributed by atoms with Gasteiger partial charge in [0.2, 0.25) is 0 Å². The van der Waals surface area contributed by atoms with E-state index in [1.807, 2.05) is 6.20 Å². The molecule has 1 aromatic heterocycles. The lowest BCUT2D eigenvalue weighted by Gasteiger charge is -2.35. The molecule has 124 valence electrons. The van der Waals surface area contributed by atoms with Crippen LogP contribution in [0.15, 0.2) is 12.4 Å². The molecule has 0 spiro atoms. The largest absolute Gasteiger partial charge is 0.376 e. The van der Waals surface area contributed by atoms with Crippen LogP contribution in [0.2, 0.25) is 0 Å². The normalized spacial score (nSPS) is 25.0.